The Morgan fingerprint density at radius 2 is 2.00 bits per heavy atom. The molecule has 6 heteroatoms. The quantitative estimate of drug-likeness (QED) is 0.703. The van der Waals surface area contributed by atoms with Crippen molar-refractivity contribution in [1.82, 2.24) is 5.32 Å². The second-order valence-electron chi connectivity index (χ2n) is 6.09. The number of aliphatic hydroxyl groups excluding tert-OH is 1. The number of amides is 2. The minimum Gasteiger partial charge on any atom is -0.467 e. The third kappa shape index (κ3) is 5.19. The number of rotatable bonds is 6. The Labute approximate surface area is 147 Å². The van der Waals surface area contributed by atoms with E-state index in [-0.39, 0.29) is 12.5 Å². The van der Waals surface area contributed by atoms with E-state index in [9.17, 15) is 14.7 Å². The number of furan rings is 1. The van der Waals surface area contributed by atoms with Gasteiger partial charge in [0, 0.05) is 18.2 Å². The van der Waals surface area contributed by atoms with Crippen LogP contribution in [-0.2, 0) is 16.0 Å². The van der Waals surface area contributed by atoms with Gasteiger partial charge in [-0.2, -0.15) is 0 Å². The summed E-state index contributed by atoms with van der Waals surface area (Å²) < 4.78 is 5.12. The Morgan fingerprint density at radius 3 is 2.64 bits per heavy atom. The van der Waals surface area contributed by atoms with Crippen LogP contribution in [0, 0.1) is 6.92 Å². The molecule has 2 amide bonds. The van der Waals surface area contributed by atoms with Gasteiger partial charge in [0.25, 0.3) is 0 Å². The lowest BCUT2D eigenvalue weighted by Crippen LogP contribution is -2.41. The summed E-state index contributed by atoms with van der Waals surface area (Å²) in [7, 11) is 0. The molecule has 3 N–H and O–H groups in total. The number of aryl methyl sites for hydroxylation is 2. The molecule has 1 aromatic carbocycles. The van der Waals surface area contributed by atoms with Crippen molar-refractivity contribution < 1.29 is 19.1 Å². The van der Waals surface area contributed by atoms with Crippen molar-refractivity contribution in [2.24, 2.45) is 0 Å². The van der Waals surface area contributed by atoms with Gasteiger partial charge in [-0.15, -0.1) is 0 Å². The predicted molar refractivity (Wildman–Crippen MR) is 95.1 cm³/mol. The van der Waals surface area contributed by atoms with Crippen LogP contribution in [0.15, 0.2) is 41.0 Å². The Bertz CT molecular complexity index is 725. The van der Waals surface area contributed by atoms with Crippen LogP contribution in [0.2, 0.25) is 0 Å². The fourth-order valence-electron chi connectivity index (χ4n) is 2.60. The molecule has 0 bridgehead atoms. The molecule has 0 saturated heterocycles. The monoisotopic (exact) mass is 344 g/mol. The van der Waals surface area contributed by atoms with E-state index in [2.05, 4.69) is 10.6 Å². The molecule has 2 unspecified atom stereocenters. The number of nitrogens with one attached hydrogen (secondary N) is 2. The first kappa shape index (κ1) is 18.7. The summed E-state index contributed by atoms with van der Waals surface area (Å²) in [6.07, 6.45) is 1.74. The average Bonchev–Trinajstić information content (AvgIpc) is 3.11. The highest BCUT2D eigenvalue weighted by molar-refractivity contribution is 6.39. The molecule has 0 fully saturated rings. The van der Waals surface area contributed by atoms with Gasteiger partial charge >= 0.3 is 11.8 Å². The average molecular weight is 344 g/mol. The van der Waals surface area contributed by atoms with Gasteiger partial charge in [-0.25, -0.2) is 0 Å². The first-order valence-electron chi connectivity index (χ1n) is 8.33. The fourth-order valence-corrected chi connectivity index (χ4v) is 2.60. The summed E-state index contributed by atoms with van der Waals surface area (Å²) in [5.41, 5.74) is 2.85. The molecule has 1 heterocycles. The zero-order valence-corrected chi connectivity index (χ0v) is 14.7. The van der Waals surface area contributed by atoms with Crippen LogP contribution in [0.3, 0.4) is 0 Å². The van der Waals surface area contributed by atoms with Gasteiger partial charge in [0.1, 0.15) is 11.9 Å². The summed E-state index contributed by atoms with van der Waals surface area (Å²) in [5.74, 6) is -1.04. The first-order valence-corrected chi connectivity index (χ1v) is 8.33. The van der Waals surface area contributed by atoms with Gasteiger partial charge in [0.15, 0.2) is 0 Å². The second-order valence-corrected chi connectivity index (χ2v) is 6.09. The largest absolute Gasteiger partial charge is 0.467 e. The molecular formula is C19H24N2O4. The normalized spacial score (nSPS) is 13.1. The third-order valence-corrected chi connectivity index (χ3v) is 4.02. The van der Waals surface area contributed by atoms with E-state index >= 15 is 0 Å². The molecule has 2 rings (SSSR count). The van der Waals surface area contributed by atoms with Gasteiger partial charge in [0.05, 0.1) is 6.26 Å². The predicted octanol–water partition coefficient (Wildman–Crippen LogP) is 2.72. The van der Waals surface area contributed by atoms with Crippen molar-refractivity contribution in [3.8, 4) is 0 Å². The summed E-state index contributed by atoms with van der Waals surface area (Å²) in [5, 5.41) is 15.2. The summed E-state index contributed by atoms with van der Waals surface area (Å²) in [6, 6.07) is 8.50. The van der Waals surface area contributed by atoms with E-state index in [0.29, 0.717) is 11.4 Å². The number of carbonyl (C=O) groups excluding carboxylic acids is 2. The molecule has 0 aliphatic carbocycles. The van der Waals surface area contributed by atoms with E-state index in [1.165, 1.54) is 6.26 Å². The van der Waals surface area contributed by atoms with Crippen molar-refractivity contribution in [3.05, 3.63) is 53.5 Å². The minimum atomic E-state index is -0.836. The number of carbonyl (C=O) groups is 2. The van der Waals surface area contributed by atoms with E-state index in [1.54, 1.807) is 25.1 Å². The third-order valence-electron chi connectivity index (χ3n) is 4.02. The molecule has 2 aromatic rings. The van der Waals surface area contributed by atoms with Crippen molar-refractivity contribution >= 4 is 17.5 Å². The molecule has 0 aliphatic rings. The zero-order valence-electron chi connectivity index (χ0n) is 14.7. The van der Waals surface area contributed by atoms with Crippen LogP contribution in [0.5, 0.6) is 0 Å². The van der Waals surface area contributed by atoms with Crippen molar-refractivity contribution in [2.75, 3.05) is 5.32 Å². The molecule has 2 atom stereocenters. The van der Waals surface area contributed by atoms with Crippen LogP contribution < -0.4 is 10.6 Å². The maximum Gasteiger partial charge on any atom is 0.313 e. The van der Waals surface area contributed by atoms with Crippen molar-refractivity contribution in [1.29, 1.82) is 0 Å². The molecule has 0 spiro atoms. The number of benzene rings is 1. The Hall–Kier alpha value is -2.60. The van der Waals surface area contributed by atoms with Gasteiger partial charge in [-0.05, 0) is 55.7 Å². The molecule has 6 nitrogen and oxygen atoms in total. The Morgan fingerprint density at radius 1 is 1.24 bits per heavy atom. The lowest BCUT2D eigenvalue weighted by molar-refractivity contribution is -0.136. The first-order chi connectivity index (χ1) is 11.9. The number of hydrogen-bond acceptors (Lipinski definition) is 4. The molecule has 1 aromatic heterocycles. The second kappa shape index (κ2) is 8.48. The summed E-state index contributed by atoms with van der Waals surface area (Å²) >= 11 is 0. The Kier molecular flexibility index (Phi) is 6.36. The molecule has 134 valence electrons. The molecule has 25 heavy (non-hydrogen) atoms. The van der Waals surface area contributed by atoms with Gasteiger partial charge in [-0.1, -0.05) is 13.0 Å². The van der Waals surface area contributed by atoms with Gasteiger partial charge < -0.3 is 20.2 Å². The molecule has 0 radical (unpaired) electrons. The highest BCUT2D eigenvalue weighted by Gasteiger charge is 2.20. The van der Waals surface area contributed by atoms with Crippen LogP contribution in [0.25, 0.3) is 0 Å². The van der Waals surface area contributed by atoms with Crippen LogP contribution in [-0.4, -0.2) is 23.0 Å². The SMILES string of the molecule is CCc1cc(NC(=O)C(=O)NC(C)CC(O)c2ccco2)ccc1C. The van der Waals surface area contributed by atoms with E-state index in [4.69, 9.17) is 4.42 Å². The van der Waals surface area contributed by atoms with Crippen LogP contribution in [0.1, 0.15) is 43.3 Å². The maximum absolute atomic E-state index is 12.0. The topological polar surface area (TPSA) is 91.6 Å². The number of aliphatic hydroxyl groups is 1. The summed E-state index contributed by atoms with van der Waals surface area (Å²) in [6.45, 7) is 5.76. The highest BCUT2D eigenvalue weighted by Crippen LogP contribution is 2.18. The Balaban J connectivity index is 1.88. The van der Waals surface area contributed by atoms with Crippen molar-refractivity contribution in [2.45, 2.75) is 45.8 Å². The lowest BCUT2D eigenvalue weighted by atomic mass is 10.1. The summed E-state index contributed by atoms with van der Waals surface area (Å²) in [4.78, 5) is 24.1. The lowest BCUT2D eigenvalue weighted by Gasteiger charge is -2.16. The van der Waals surface area contributed by atoms with Crippen LogP contribution in [0.4, 0.5) is 5.69 Å². The fraction of sp³-hybridized carbons (Fsp3) is 0.368. The molecule has 0 aliphatic heterocycles. The van der Waals surface area contributed by atoms with E-state index < -0.39 is 17.9 Å². The highest BCUT2D eigenvalue weighted by atomic mass is 16.4. The van der Waals surface area contributed by atoms with Crippen LogP contribution >= 0.6 is 0 Å². The van der Waals surface area contributed by atoms with Crippen molar-refractivity contribution in [3.63, 3.8) is 0 Å². The van der Waals surface area contributed by atoms with Gasteiger partial charge in [0.2, 0.25) is 0 Å². The molecule has 0 saturated carbocycles. The number of anilines is 1. The maximum atomic E-state index is 12.0. The molecular weight excluding hydrogens is 320 g/mol. The minimum absolute atomic E-state index is 0.247. The number of hydrogen-bond donors (Lipinski definition) is 3. The van der Waals surface area contributed by atoms with E-state index in [1.807, 2.05) is 26.0 Å². The zero-order chi connectivity index (χ0) is 18.4. The smallest absolute Gasteiger partial charge is 0.313 e. The standard InChI is InChI=1S/C19H24N2O4/c1-4-14-11-15(8-7-12(14)2)21-19(24)18(23)20-13(3)10-16(22)17-6-5-9-25-17/h5-9,11,13,16,22H,4,10H2,1-3H3,(H,20,23)(H,21,24). The van der Waals surface area contributed by atoms with E-state index in [0.717, 1.165) is 17.5 Å². The van der Waals surface area contributed by atoms with Gasteiger partial charge in [-0.3, -0.25) is 9.59 Å².